The highest BCUT2D eigenvalue weighted by Crippen LogP contribution is 2.30. The number of nitro benzene ring substituents is 1. The fourth-order valence-electron chi connectivity index (χ4n) is 1.63. The summed E-state index contributed by atoms with van der Waals surface area (Å²) in [7, 11) is 0. The van der Waals surface area contributed by atoms with Crippen LogP contribution in [0.5, 0.6) is 0 Å². The molecule has 0 saturated heterocycles. The number of nitrogens with zero attached hydrogens (tertiary/aromatic N) is 1. The molecule has 0 aliphatic rings. The second kappa shape index (κ2) is 5.07. The monoisotopic (exact) mass is 278 g/mol. The first kappa shape index (κ1) is 13.0. The van der Waals surface area contributed by atoms with Crippen LogP contribution in [-0.2, 0) is 0 Å². The molecule has 7 heteroatoms. The third-order valence-corrected chi connectivity index (χ3v) is 3.31. The third-order valence-electron chi connectivity index (χ3n) is 2.62. The van der Waals surface area contributed by atoms with Crippen molar-refractivity contribution in [1.29, 1.82) is 0 Å². The molecule has 2 aromatic rings. The molecule has 0 bridgehead atoms. The Bertz CT molecular complexity index is 637. The second-order valence-corrected chi connectivity index (χ2v) is 4.65. The molecule has 0 amide bonds. The lowest BCUT2D eigenvalue weighted by Crippen LogP contribution is -2.03. The van der Waals surface area contributed by atoms with Gasteiger partial charge in [-0.2, -0.15) is 11.3 Å². The smallest absolute Gasteiger partial charge is 0.336 e. The van der Waals surface area contributed by atoms with Gasteiger partial charge in [0, 0.05) is 22.8 Å². The van der Waals surface area contributed by atoms with Crippen molar-refractivity contribution in [2.45, 2.75) is 6.92 Å². The van der Waals surface area contributed by atoms with Crippen LogP contribution < -0.4 is 5.32 Å². The van der Waals surface area contributed by atoms with Gasteiger partial charge in [0.25, 0.3) is 5.69 Å². The van der Waals surface area contributed by atoms with E-state index in [1.54, 1.807) is 6.92 Å². The summed E-state index contributed by atoms with van der Waals surface area (Å²) in [5, 5.41) is 26.6. The Morgan fingerprint density at radius 2 is 2.21 bits per heavy atom. The number of carboxylic acids is 1. The minimum Gasteiger partial charge on any atom is -0.478 e. The number of thiophene rings is 1. The van der Waals surface area contributed by atoms with Crippen LogP contribution in [-0.4, -0.2) is 16.0 Å². The summed E-state index contributed by atoms with van der Waals surface area (Å²) in [6.07, 6.45) is 0. The van der Waals surface area contributed by atoms with E-state index >= 15 is 0 Å². The second-order valence-electron chi connectivity index (χ2n) is 3.87. The lowest BCUT2D eigenvalue weighted by molar-refractivity contribution is -0.385. The van der Waals surface area contributed by atoms with Gasteiger partial charge in [0.1, 0.15) is 0 Å². The first-order valence-corrected chi connectivity index (χ1v) is 6.25. The number of hydrogen-bond acceptors (Lipinski definition) is 5. The SMILES string of the molecule is Cc1c(Nc2ccsc2)cc(C(=O)O)cc1[N+](=O)[O-]. The van der Waals surface area contributed by atoms with Crippen LogP contribution in [0.3, 0.4) is 0 Å². The molecule has 1 aromatic heterocycles. The molecule has 1 aromatic carbocycles. The number of carbonyl (C=O) groups is 1. The van der Waals surface area contributed by atoms with Gasteiger partial charge in [0.2, 0.25) is 0 Å². The van der Waals surface area contributed by atoms with Gasteiger partial charge in [-0.3, -0.25) is 10.1 Å². The van der Waals surface area contributed by atoms with Gasteiger partial charge in [0.05, 0.1) is 16.1 Å². The topological polar surface area (TPSA) is 92.5 Å². The third kappa shape index (κ3) is 2.71. The Hall–Kier alpha value is -2.41. The molecule has 1 heterocycles. The minimum absolute atomic E-state index is 0.116. The molecule has 6 nitrogen and oxygen atoms in total. The molecule has 0 aliphatic carbocycles. The van der Waals surface area contributed by atoms with Crippen LogP contribution in [0.1, 0.15) is 15.9 Å². The van der Waals surface area contributed by atoms with Crippen molar-refractivity contribution in [1.82, 2.24) is 0 Å². The maximum atomic E-state index is 11.0. The Labute approximate surface area is 112 Å². The summed E-state index contributed by atoms with van der Waals surface area (Å²) >= 11 is 1.47. The molecule has 98 valence electrons. The van der Waals surface area contributed by atoms with Crippen molar-refractivity contribution in [2.24, 2.45) is 0 Å². The Balaban J connectivity index is 2.52. The highest BCUT2D eigenvalue weighted by molar-refractivity contribution is 7.08. The van der Waals surface area contributed by atoms with E-state index in [-0.39, 0.29) is 11.3 Å². The van der Waals surface area contributed by atoms with Crippen LogP contribution in [0.2, 0.25) is 0 Å². The molecule has 0 aliphatic heterocycles. The standard InChI is InChI=1S/C12H10N2O4S/c1-7-10(13-9-2-3-19-6-9)4-8(12(15)16)5-11(7)14(17)18/h2-6,13H,1H3,(H,15,16). The average Bonchev–Trinajstić information content (AvgIpc) is 2.83. The van der Waals surface area contributed by atoms with Crippen molar-refractivity contribution in [2.75, 3.05) is 5.32 Å². The highest BCUT2D eigenvalue weighted by atomic mass is 32.1. The molecular weight excluding hydrogens is 268 g/mol. The van der Waals surface area contributed by atoms with E-state index in [1.807, 2.05) is 16.8 Å². The number of aromatic carboxylic acids is 1. The Morgan fingerprint density at radius 1 is 1.47 bits per heavy atom. The predicted octanol–water partition coefficient (Wildman–Crippen LogP) is 3.41. The summed E-state index contributed by atoms with van der Waals surface area (Å²) < 4.78 is 0. The van der Waals surface area contributed by atoms with Crippen molar-refractivity contribution in [3.05, 3.63) is 50.2 Å². The van der Waals surface area contributed by atoms with Crippen LogP contribution in [0, 0.1) is 17.0 Å². The molecule has 0 radical (unpaired) electrons. The number of anilines is 2. The van der Waals surface area contributed by atoms with Gasteiger partial charge >= 0.3 is 5.97 Å². The van der Waals surface area contributed by atoms with Crippen LogP contribution in [0.15, 0.2) is 29.0 Å². The van der Waals surface area contributed by atoms with E-state index < -0.39 is 10.9 Å². The Morgan fingerprint density at radius 3 is 2.74 bits per heavy atom. The molecule has 19 heavy (non-hydrogen) atoms. The number of hydrogen-bond donors (Lipinski definition) is 2. The predicted molar refractivity (Wildman–Crippen MR) is 72.4 cm³/mol. The van der Waals surface area contributed by atoms with E-state index in [2.05, 4.69) is 5.32 Å². The molecular formula is C12H10N2O4S. The molecule has 0 spiro atoms. The van der Waals surface area contributed by atoms with Crippen molar-refractivity contribution in [3.63, 3.8) is 0 Å². The van der Waals surface area contributed by atoms with Crippen molar-refractivity contribution >= 4 is 34.4 Å². The van der Waals surface area contributed by atoms with Crippen LogP contribution in [0.25, 0.3) is 0 Å². The fourth-order valence-corrected chi connectivity index (χ4v) is 2.22. The van der Waals surface area contributed by atoms with E-state index in [4.69, 9.17) is 5.11 Å². The van der Waals surface area contributed by atoms with Gasteiger partial charge in [-0.25, -0.2) is 4.79 Å². The van der Waals surface area contributed by atoms with Crippen LogP contribution >= 0.6 is 11.3 Å². The Kier molecular flexibility index (Phi) is 3.48. The molecule has 0 saturated carbocycles. The summed E-state index contributed by atoms with van der Waals surface area (Å²) in [6.45, 7) is 1.58. The maximum absolute atomic E-state index is 11.0. The molecule has 2 N–H and O–H groups in total. The van der Waals surface area contributed by atoms with E-state index in [0.717, 1.165) is 11.8 Å². The quantitative estimate of drug-likeness (QED) is 0.660. The zero-order chi connectivity index (χ0) is 14.0. The normalized spacial score (nSPS) is 10.2. The van der Waals surface area contributed by atoms with Gasteiger partial charge < -0.3 is 10.4 Å². The zero-order valence-electron chi connectivity index (χ0n) is 9.91. The first-order valence-electron chi connectivity index (χ1n) is 5.30. The number of rotatable bonds is 4. The molecule has 0 atom stereocenters. The number of carboxylic acid groups (broad SMARTS) is 1. The molecule has 0 unspecified atom stereocenters. The zero-order valence-corrected chi connectivity index (χ0v) is 10.7. The lowest BCUT2D eigenvalue weighted by atomic mass is 10.1. The lowest BCUT2D eigenvalue weighted by Gasteiger charge is -2.09. The van der Waals surface area contributed by atoms with E-state index in [9.17, 15) is 14.9 Å². The summed E-state index contributed by atoms with van der Waals surface area (Å²) in [5.74, 6) is -1.20. The fraction of sp³-hybridized carbons (Fsp3) is 0.0833. The summed E-state index contributed by atoms with van der Waals surface area (Å²) in [5.41, 5.74) is 1.27. The highest BCUT2D eigenvalue weighted by Gasteiger charge is 2.19. The minimum atomic E-state index is -1.20. The van der Waals surface area contributed by atoms with Crippen molar-refractivity contribution in [3.8, 4) is 0 Å². The summed E-state index contributed by atoms with van der Waals surface area (Å²) in [6, 6.07) is 4.27. The van der Waals surface area contributed by atoms with E-state index in [0.29, 0.717) is 11.3 Å². The summed E-state index contributed by atoms with van der Waals surface area (Å²) in [4.78, 5) is 21.3. The van der Waals surface area contributed by atoms with Gasteiger partial charge in [-0.1, -0.05) is 0 Å². The number of nitrogens with one attached hydrogen (secondary N) is 1. The maximum Gasteiger partial charge on any atom is 0.336 e. The van der Waals surface area contributed by atoms with E-state index in [1.165, 1.54) is 17.4 Å². The molecule has 0 fully saturated rings. The number of nitro groups is 1. The van der Waals surface area contributed by atoms with Gasteiger partial charge in [-0.05, 0) is 24.4 Å². The van der Waals surface area contributed by atoms with Crippen molar-refractivity contribution < 1.29 is 14.8 Å². The van der Waals surface area contributed by atoms with Gasteiger partial charge in [-0.15, -0.1) is 0 Å². The first-order chi connectivity index (χ1) is 8.99. The van der Waals surface area contributed by atoms with Gasteiger partial charge in [0.15, 0.2) is 0 Å². The molecule has 2 rings (SSSR count). The largest absolute Gasteiger partial charge is 0.478 e. The average molecular weight is 278 g/mol. The number of benzene rings is 1. The van der Waals surface area contributed by atoms with Crippen LogP contribution in [0.4, 0.5) is 17.1 Å².